The predicted molar refractivity (Wildman–Crippen MR) is 115 cm³/mol. The van der Waals surface area contributed by atoms with Crippen LogP contribution in [0, 0.1) is 5.92 Å². The summed E-state index contributed by atoms with van der Waals surface area (Å²) in [5.74, 6) is -0.0606. The number of hydrogen-bond donors (Lipinski definition) is 1. The molecule has 1 aromatic rings. The molecule has 6 nitrogen and oxygen atoms in total. The Morgan fingerprint density at radius 2 is 1.96 bits per heavy atom. The van der Waals surface area contributed by atoms with E-state index in [9.17, 15) is 14.4 Å². The van der Waals surface area contributed by atoms with Gasteiger partial charge in [-0.1, -0.05) is 0 Å². The first-order chi connectivity index (χ1) is 12.7. The third-order valence-electron chi connectivity index (χ3n) is 4.20. The van der Waals surface area contributed by atoms with Gasteiger partial charge >= 0.3 is 172 Å². The quantitative estimate of drug-likeness (QED) is 0.211. The number of nitrogens with zero attached hydrogens (tertiary/aromatic N) is 1. The number of amides is 2. The SMILES string of the molecule is CC(C)COC(=O)I1N2C(=O)[C@@H](NC(=O)Cc3ccccc3)C2SC1(C)C. The van der Waals surface area contributed by atoms with E-state index in [-0.39, 0.29) is 36.3 Å². The Labute approximate surface area is 171 Å². The number of rotatable bonds is 6. The van der Waals surface area contributed by atoms with Crippen LogP contribution in [0.25, 0.3) is 0 Å². The van der Waals surface area contributed by atoms with E-state index in [1.807, 2.05) is 58.0 Å². The van der Waals surface area contributed by atoms with E-state index < -0.39 is 26.1 Å². The van der Waals surface area contributed by atoms with Crippen molar-refractivity contribution in [3.8, 4) is 0 Å². The van der Waals surface area contributed by atoms with E-state index in [1.54, 1.807) is 14.9 Å². The maximum absolute atomic E-state index is 12.7. The molecule has 2 aliphatic rings. The molecule has 2 aliphatic heterocycles. The molecule has 2 atom stereocenters. The molecule has 1 unspecified atom stereocenters. The molecule has 2 fully saturated rings. The van der Waals surface area contributed by atoms with Gasteiger partial charge < -0.3 is 0 Å². The van der Waals surface area contributed by atoms with E-state index in [0.29, 0.717) is 6.61 Å². The second kappa shape index (κ2) is 7.98. The number of fused-ring (bicyclic) bond motifs is 1. The summed E-state index contributed by atoms with van der Waals surface area (Å²) in [6.07, 6.45) is 0.240. The van der Waals surface area contributed by atoms with Crippen molar-refractivity contribution in [2.45, 2.75) is 48.3 Å². The molecule has 8 heteroatoms. The van der Waals surface area contributed by atoms with E-state index in [4.69, 9.17) is 4.74 Å². The molecule has 2 saturated heterocycles. The van der Waals surface area contributed by atoms with Crippen molar-refractivity contribution >= 4 is 47.6 Å². The molecular formula is C19H25IN2O4S. The fraction of sp³-hybridized carbons (Fsp3) is 0.526. The number of β-lactam (4-membered cyclic amide) rings is 1. The normalized spacial score (nSPS) is 24.4. The molecule has 0 aliphatic carbocycles. The average Bonchev–Trinajstić information content (AvgIpc) is 2.86. The van der Waals surface area contributed by atoms with E-state index in [0.717, 1.165) is 5.56 Å². The number of hydrogen-bond acceptors (Lipinski definition) is 5. The Morgan fingerprint density at radius 1 is 1.30 bits per heavy atom. The summed E-state index contributed by atoms with van der Waals surface area (Å²) < 4.78 is 6.66. The first-order valence-corrected chi connectivity index (χ1v) is 12.9. The Hall–Kier alpha value is -1.29. The fourth-order valence-corrected chi connectivity index (χ4v) is 12.3. The first kappa shape index (κ1) is 20.4. The Bertz CT molecular complexity index is 740. The van der Waals surface area contributed by atoms with Gasteiger partial charge in [-0.3, -0.25) is 0 Å². The maximum atomic E-state index is 12.7. The number of halogens is 1. The molecule has 0 radical (unpaired) electrons. The number of carbonyl (C=O) groups is 3. The van der Waals surface area contributed by atoms with Crippen LogP contribution in [-0.4, -0.2) is 39.7 Å². The van der Waals surface area contributed by atoms with Crippen LogP contribution in [0.5, 0.6) is 0 Å². The molecule has 2 heterocycles. The van der Waals surface area contributed by atoms with Crippen LogP contribution in [-0.2, 0) is 20.7 Å². The zero-order valence-electron chi connectivity index (χ0n) is 15.9. The summed E-state index contributed by atoms with van der Waals surface area (Å²) >= 11 is -0.889. The summed E-state index contributed by atoms with van der Waals surface area (Å²) in [7, 11) is 0. The summed E-state index contributed by atoms with van der Waals surface area (Å²) in [6, 6.07) is 8.88. The van der Waals surface area contributed by atoms with Gasteiger partial charge in [-0.2, -0.15) is 0 Å². The topological polar surface area (TPSA) is 75.7 Å². The second-order valence-corrected chi connectivity index (χ2v) is 16.0. The van der Waals surface area contributed by atoms with Crippen molar-refractivity contribution in [3.63, 3.8) is 0 Å². The molecule has 0 saturated carbocycles. The van der Waals surface area contributed by atoms with E-state index in [1.165, 1.54) is 0 Å². The molecule has 1 N–H and O–H groups in total. The average molecular weight is 504 g/mol. The minimum atomic E-state index is -2.50. The number of thioether (sulfide) groups is 1. The number of nitrogens with one attached hydrogen (secondary N) is 1. The van der Waals surface area contributed by atoms with Crippen LogP contribution >= 0.6 is 31.9 Å². The van der Waals surface area contributed by atoms with Gasteiger partial charge in [0, 0.05) is 0 Å². The molecule has 148 valence electrons. The van der Waals surface area contributed by atoms with Crippen molar-refractivity contribution < 1.29 is 19.1 Å². The van der Waals surface area contributed by atoms with Gasteiger partial charge in [-0.05, 0) is 0 Å². The summed E-state index contributed by atoms with van der Waals surface area (Å²) in [4.78, 5) is 37.7. The Kier molecular flexibility index (Phi) is 6.05. The second-order valence-electron chi connectivity index (χ2n) is 7.43. The van der Waals surface area contributed by atoms with Crippen LogP contribution in [0.4, 0.5) is 4.79 Å². The molecule has 0 spiro atoms. The summed E-state index contributed by atoms with van der Waals surface area (Å²) in [6.45, 7) is 8.36. The summed E-state index contributed by atoms with van der Waals surface area (Å²) in [5.41, 5.74) is 0.906. The number of alkyl halides is 1. The number of carbonyl (C=O) groups excluding carboxylic acids is 3. The van der Waals surface area contributed by atoms with Crippen LogP contribution in [0.3, 0.4) is 0 Å². The monoisotopic (exact) mass is 504 g/mol. The standard InChI is InChI=1S/C19H25IN2O4S/c1-12(2)11-26-18(25)20-19(3,4)27-17-15(16(24)22(17)20)21-14(23)10-13-8-6-5-7-9-13/h5-9,12,15,17H,10-11H2,1-4H3,(H,21,23)/t15-,17?/m1/s1. The van der Waals surface area contributed by atoms with Crippen molar-refractivity contribution in [2.75, 3.05) is 6.61 Å². The predicted octanol–water partition coefficient (Wildman–Crippen LogP) is 3.58. The van der Waals surface area contributed by atoms with Crippen LogP contribution < -0.4 is 5.32 Å². The Balaban J connectivity index is 1.64. The van der Waals surface area contributed by atoms with E-state index >= 15 is 0 Å². The number of ether oxygens (including phenoxy) is 1. The van der Waals surface area contributed by atoms with Gasteiger partial charge in [-0.25, -0.2) is 0 Å². The zero-order chi connectivity index (χ0) is 19.8. The zero-order valence-corrected chi connectivity index (χ0v) is 18.9. The molecule has 2 amide bonds. The third-order valence-corrected chi connectivity index (χ3v) is 13.3. The van der Waals surface area contributed by atoms with Gasteiger partial charge in [0.05, 0.1) is 0 Å². The van der Waals surface area contributed by atoms with Gasteiger partial charge in [0.15, 0.2) is 0 Å². The van der Waals surface area contributed by atoms with Crippen molar-refractivity contribution in [2.24, 2.45) is 5.92 Å². The van der Waals surface area contributed by atoms with Gasteiger partial charge in [-0.15, -0.1) is 0 Å². The Morgan fingerprint density at radius 3 is 2.59 bits per heavy atom. The fourth-order valence-electron chi connectivity index (χ4n) is 2.95. The van der Waals surface area contributed by atoms with Crippen LogP contribution in [0.15, 0.2) is 30.3 Å². The van der Waals surface area contributed by atoms with Gasteiger partial charge in [0.1, 0.15) is 0 Å². The number of benzene rings is 1. The van der Waals surface area contributed by atoms with Gasteiger partial charge in [0.2, 0.25) is 0 Å². The molecule has 0 bridgehead atoms. The minimum absolute atomic E-state index is 0.147. The van der Waals surface area contributed by atoms with Crippen LogP contribution in [0.1, 0.15) is 33.3 Å². The van der Waals surface area contributed by atoms with Crippen molar-refractivity contribution in [1.29, 1.82) is 0 Å². The molecule has 1 aromatic carbocycles. The summed E-state index contributed by atoms with van der Waals surface area (Å²) in [5, 5.41) is 2.69. The third kappa shape index (κ3) is 4.26. The molecule has 27 heavy (non-hydrogen) atoms. The van der Waals surface area contributed by atoms with Crippen molar-refractivity contribution in [3.05, 3.63) is 35.9 Å². The molecular weight excluding hydrogens is 479 g/mol. The van der Waals surface area contributed by atoms with Crippen LogP contribution in [0.2, 0.25) is 0 Å². The molecule has 0 aromatic heterocycles. The molecule has 3 rings (SSSR count). The first-order valence-electron chi connectivity index (χ1n) is 8.92. The van der Waals surface area contributed by atoms with Crippen molar-refractivity contribution in [1.82, 2.24) is 8.43 Å². The van der Waals surface area contributed by atoms with E-state index in [2.05, 4.69) is 5.32 Å². The van der Waals surface area contributed by atoms with Gasteiger partial charge in [0.25, 0.3) is 0 Å².